The van der Waals surface area contributed by atoms with Crippen molar-refractivity contribution in [2.24, 2.45) is 39.7 Å². The van der Waals surface area contributed by atoms with E-state index >= 15 is 0 Å². The number of Topliss-reactive ketones (excluding diaryl/α,β-unsaturated/α-hetero) is 3. The molecule has 0 aliphatic rings. The lowest BCUT2D eigenvalue weighted by Crippen LogP contribution is -2.49. The molecule has 0 saturated carbocycles. The maximum absolute atomic E-state index is 13.4. The number of para-hydroxylation sites is 1. The van der Waals surface area contributed by atoms with Gasteiger partial charge in [-0.3, -0.25) is 28.8 Å². The molecule has 18 heteroatoms. The highest BCUT2D eigenvalue weighted by Crippen LogP contribution is 2.31. The summed E-state index contributed by atoms with van der Waals surface area (Å²) in [5, 5.41) is 11.5. The van der Waals surface area contributed by atoms with Gasteiger partial charge in [-0.15, -0.1) is 0 Å². The molecule has 6 N–H and O–H groups in total. The van der Waals surface area contributed by atoms with E-state index in [4.69, 9.17) is 24.7 Å². The quantitative estimate of drug-likeness (QED) is 0.0408. The zero-order valence-electron chi connectivity index (χ0n) is 52.5. The third-order valence-electron chi connectivity index (χ3n) is 11.9. The van der Waals surface area contributed by atoms with Gasteiger partial charge in [0.2, 0.25) is 17.7 Å². The Morgan fingerprint density at radius 3 is 1.22 bits per heavy atom. The van der Waals surface area contributed by atoms with Crippen LogP contribution in [0.1, 0.15) is 121 Å². The molecule has 4 amide bonds. The molecule has 0 radical (unpaired) electrons. The first-order valence-corrected chi connectivity index (χ1v) is 27.4. The molecule has 3 atom stereocenters. The van der Waals surface area contributed by atoms with E-state index in [1.165, 1.54) is 19.1 Å². The second-order valence-corrected chi connectivity index (χ2v) is 23.9. The molecule has 452 valence electrons. The molecular weight excluding hydrogens is 1040 g/mol. The molecule has 0 aliphatic carbocycles. The second-order valence-electron chi connectivity index (χ2n) is 23.9. The average Bonchev–Trinajstić information content (AvgIpc) is 3.51. The highest BCUT2D eigenvalue weighted by atomic mass is 16.6. The van der Waals surface area contributed by atoms with Crippen molar-refractivity contribution in [3.8, 4) is 23.0 Å². The Kier molecular flexibility index (Phi) is 29.6. The summed E-state index contributed by atoms with van der Waals surface area (Å²) in [6, 6.07) is 25.1. The zero-order valence-corrected chi connectivity index (χ0v) is 52.5. The third-order valence-corrected chi connectivity index (χ3v) is 11.9. The molecule has 0 aromatic heterocycles. The number of hydrogen-bond donors (Lipinski definition) is 5. The normalized spacial score (nSPS) is 12.3. The van der Waals surface area contributed by atoms with Crippen molar-refractivity contribution in [1.29, 1.82) is 0 Å². The standard InChI is InChI=1S/C26H34N2O5.C19H30N2O3.C16H21NO4.C3H9N/c1-17(2)28(25(31)33-19-11-9-8-10-12-19)16-20(23(29)26(4,5)6)24(30)27-21-15-18(3)13-14-22(21)32-7;1-12(2)20-11-14(17(22)19(4,5)6)18(23)21-15-10-13(3)8-9-16(15)24-7;1-10-6-7-13(21-5)12(8-10)17-15(20)11(9-18)14(19)16(2,3)4;1-3(2)4/h8-15,17,20H,16H2,1-7H3,(H,27,30);8-10,12,14,20H,11H2,1-7H3,(H,21,23);6-9,11H,1-5H3,(H,17,20);3H,4H2,1-2H3. The van der Waals surface area contributed by atoms with E-state index in [1.807, 2.05) is 113 Å². The highest BCUT2D eigenvalue weighted by molar-refractivity contribution is 6.18. The summed E-state index contributed by atoms with van der Waals surface area (Å²) in [5.41, 5.74) is 7.33. The van der Waals surface area contributed by atoms with Gasteiger partial charge in [0.25, 0.3) is 0 Å². The summed E-state index contributed by atoms with van der Waals surface area (Å²) < 4.78 is 21.3. The first-order valence-electron chi connectivity index (χ1n) is 27.4. The van der Waals surface area contributed by atoms with Crippen molar-refractivity contribution < 1.29 is 57.3 Å². The van der Waals surface area contributed by atoms with Gasteiger partial charge in [-0.05, 0) is 106 Å². The number of anilines is 3. The fourth-order valence-electron chi connectivity index (χ4n) is 7.45. The Morgan fingerprint density at radius 1 is 0.537 bits per heavy atom. The molecule has 0 bridgehead atoms. The molecule has 3 unspecified atom stereocenters. The number of hydrogen-bond acceptors (Lipinski definition) is 14. The van der Waals surface area contributed by atoms with Crippen molar-refractivity contribution in [3.63, 3.8) is 0 Å². The summed E-state index contributed by atoms with van der Waals surface area (Å²) in [5.74, 6) is -3.48. The number of aryl methyl sites for hydroxylation is 3. The van der Waals surface area contributed by atoms with E-state index in [-0.39, 0.29) is 36.1 Å². The van der Waals surface area contributed by atoms with Crippen LogP contribution in [-0.4, -0.2) is 105 Å². The average molecular weight is 1140 g/mol. The van der Waals surface area contributed by atoms with Crippen LogP contribution in [0.5, 0.6) is 23.0 Å². The molecule has 82 heavy (non-hydrogen) atoms. The van der Waals surface area contributed by atoms with E-state index in [1.54, 1.807) is 103 Å². The number of nitrogens with two attached hydrogens (primary N) is 1. The number of ether oxygens (including phenoxy) is 4. The predicted molar refractivity (Wildman–Crippen MR) is 326 cm³/mol. The Morgan fingerprint density at radius 2 is 0.890 bits per heavy atom. The summed E-state index contributed by atoms with van der Waals surface area (Å²) in [6.07, 6.45) is -0.241. The lowest BCUT2D eigenvalue weighted by molar-refractivity contribution is -0.140. The van der Waals surface area contributed by atoms with Gasteiger partial charge >= 0.3 is 6.09 Å². The van der Waals surface area contributed by atoms with Gasteiger partial charge in [-0.1, -0.05) is 126 Å². The maximum Gasteiger partial charge on any atom is 0.415 e. The van der Waals surface area contributed by atoms with E-state index in [0.717, 1.165) is 16.7 Å². The van der Waals surface area contributed by atoms with Crippen LogP contribution in [0.15, 0.2) is 84.9 Å². The predicted octanol–water partition coefficient (Wildman–Crippen LogP) is 11.0. The van der Waals surface area contributed by atoms with Crippen LogP contribution in [0, 0.1) is 54.8 Å². The molecule has 0 heterocycles. The van der Waals surface area contributed by atoms with Crippen LogP contribution in [0.25, 0.3) is 0 Å². The number of amides is 4. The number of rotatable bonds is 20. The van der Waals surface area contributed by atoms with Crippen LogP contribution < -0.4 is 45.9 Å². The summed E-state index contributed by atoms with van der Waals surface area (Å²) >= 11 is 0. The van der Waals surface area contributed by atoms with Gasteiger partial charge in [0, 0.05) is 41.4 Å². The molecular formula is C64H94N6O12. The zero-order chi connectivity index (χ0) is 63.0. The molecule has 4 aromatic rings. The van der Waals surface area contributed by atoms with Gasteiger partial charge in [0.05, 0.1) is 38.4 Å². The van der Waals surface area contributed by atoms with Crippen molar-refractivity contribution in [1.82, 2.24) is 10.2 Å². The van der Waals surface area contributed by atoms with Crippen molar-refractivity contribution in [2.75, 3.05) is 50.4 Å². The summed E-state index contributed by atoms with van der Waals surface area (Å²) in [6.45, 7) is 33.2. The van der Waals surface area contributed by atoms with E-state index in [0.29, 0.717) is 58.9 Å². The van der Waals surface area contributed by atoms with Crippen LogP contribution in [0.3, 0.4) is 0 Å². The number of aldehydes is 1. The topological polar surface area (TPSA) is 251 Å². The monoisotopic (exact) mass is 1140 g/mol. The van der Waals surface area contributed by atoms with E-state index < -0.39 is 57.7 Å². The molecule has 0 saturated heterocycles. The fourth-order valence-corrected chi connectivity index (χ4v) is 7.45. The Bertz CT molecular complexity index is 2750. The van der Waals surface area contributed by atoms with Crippen LogP contribution in [-0.2, 0) is 33.6 Å². The van der Waals surface area contributed by atoms with E-state index in [9.17, 15) is 38.4 Å². The number of nitrogens with one attached hydrogen (secondary N) is 4. The lowest BCUT2D eigenvalue weighted by Gasteiger charge is -2.31. The highest BCUT2D eigenvalue weighted by Gasteiger charge is 2.39. The van der Waals surface area contributed by atoms with Gasteiger partial charge in [-0.2, -0.15) is 0 Å². The Labute approximate surface area is 487 Å². The third kappa shape index (κ3) is 24.7. The smallest absolute Gasteiger partial charge is 0.415 e. The summed E-state index contributed by atoms with van der Waals surface area (Å²) in [7, 11) is 4.55. The largest absolute Gasteiger partial charge is 0.495 e. The molecule has 4 aromatic carbocycles. The number of ketones is 3. The van der Waals surface area contributed by atoms with Gasteiger partial charge < -0.3 is 55.6 Å². The van der Waals surface area contributed by atoms with E-state index in [2.05, 4.69) is 21.3 Å². The first-order chi connectivity index (χ1) is 37.9. The van der Waals surface area contributed by atoms with Crippen molar-refractivity contribution in [2.45, 2.75) is 143 Å². The second kappa shape index (κ2) is 33.5. The molecule has 18 nitrogen and oxygen atoms in total. The van der Waals surface area contributed by atoms with Gasteiger partial charge in [0.1, 0.15) is 41.1 Å². The van der Waals surface area contributed by atoms with Gasteiger partial charge in [-0.25, -0.2) is 4.79 Å². The van der Waals surface area contributed by atoms with Crippen LogP contribution in [0.4, 0.5) is 21.9 Å². The Hall–Kier alpha value is -7.44. The molecule has 0 aliphatic heterocycles. The first kappa shape index (κ1) is 72.6. The van der Waals surface area contributed by atoms with Gasteiger partial charge in [0.15, 0.2) is 23.3 Å². The van der Waals surface area contributed by atoms with Crippen molar-refractivity contribution >= 4 is 64.5 Å². The SMILES string of the molecule is CC(C)N.COc1ccc(C)cc1NC(=O)C(C=O)C(=O)C(C)(C)C.COc1ccc(C)cc1NC(=O)C(CN(C(=O)Oc1ccccc1)C(C)C)C(=O)C(C)(C)C.COc1ccc(C)cc1NC(=O)C(CNC(C)C)C(=O)C(C)(C)C. The van der Waals surface area contributed by atoms with Crippen LogP contribution >= 0.6 is 0 Å². The minimum atomic E-state index is -1.32. The number of nitrogens with zero attached hydrogens (tertiary/aromatic N) is 1. The minimum absolute atomic E-state index is 0.0835. The minimum Gasteiger partial charge on any atom is -0.495 e. The lowest BCUT2D eigenvalue weighted by atomic mass is 9.82. The number of carbonyl (C=O) groups excluding carboxylic acids is 8. The maximum atomic E-state index is 13.4. The number of methoxy groups -OCH3 is 3. The number of benzene rings is 4. The van der Waals surface area contributed by atoms with Crippen LogP contribution in [0.2, 0.25) is 0 Å². The summed E-state index contributed by atoms with van der Waals surface area (Å²) in [4.78, 5) is 102. The fraction of sp³-hybridized carbons (Fsp3) is 0.500. The molecule has 0 spiro atoms. The number of carbonyl (C=O) groups is 8. The Balaban J connectivity index is 0.000000611. The van der Waals surface area contributed by atoms with Crippen molar-refractivity contribution in [3.05, 3.63) is 102 Å². The molecule has 4 rings (SSSR count). The molecule has 0 fully saturated rings.